The Hall–Kier alpha value is -2.97. The van der Waals surface area contributed by atoms with Gasteiger partial charge in [-0.3, -0.25) is 19.8 Å². The van der Waals surface area contributed by atoms with Crippen LogP contribution >= 0.6 is 11.6 Å². The number of hydrogen-bond donors (Lipinski definition) is 0. The van der Waals surface area contributed by atoms with Gasteiger partial charge in [0.25, 0.3) is 11.6 Å². The SMILES string of the molecule is C[C@@H](OC(=O)c1ccc(Cl)c([N+](=O)[O-])c1)C(=O)N1CCN(Cc2ccccc2)CC1. The van der Waals surface area contributed by atoms with Crippen LogP contribution in [0.25, 0.3) is 0 Å². The van der Waals surface area contributed by atoms with Crippen molar-refractivity contribution in [3.05, 3.63) is 74.8 Å². The molecule has 2 aromatic carbocycles. The van der Waals surface area contributed by atoms with Crippen molar-refractivity contribution in [1.82, 2.24) is 9.80 Å². The number of ether oxygens (including phenoxy) is 1. The zero-order valence-corrected chi connectivity index (χ0v) is 17.2. The molecule has 1 aliphatic rings. The van der Waals surface area contributed by atoms with Crippen LogP contribution in [0.15, 0.2) is 48.5 Å². The summed E-state index contributed by atoms with van der Waals surface area (Å²) in [4.78, 5) is 39.2. The van der Waals surface area contributed by atoms with Crippen molar-refractivity contribution in [2.24, 2.45) is 0 Å². The number of halogens is 1. The van der Waals surface area contributed by atoms with Crippen molar-refractivity contribution in [1.29, 1.82) is 0 Å². The highest BCUT2D eigenvalue weighted by Crippen LogP contribution is 2.25. The van der Waals surface area contributed by atoms with Gasteiger partial charge in [-0.2, -0.15) is 0 Å². The van der Waals surface area contributed by atoms with Crippen molar-refractivity contribution in [2.75, 3.05) is 26.2 Å². The summed E-state index contributed by atoms with van der Waals surface area (Å²) in [5, 5.41) is 10.9. The molecule has 1 fully saturated rings. The van der Waals surface area contributed by atoms with E-state index in [4.69, 9.17) is 16.3 Å². The fourth-order valence-corrected chi connectivity index (χ4v) is 3.47. The lowest BCUT2D eigenvalue weighted by atomic mass is 10.2. The number of carbonyl (C=O) groups is 2. The molecule has 1 heterocycles. The second-order valence-corrected chi connectivity index (χ2v) is 7.47. The van der Waals surface area contributed by atoms with Crippen LogP contribution in [0.5, 0.6) is 0 Å². The predicted octanol–water partition coefficient (Wildman–Crippen LogP) is 3.14. The number of hydrogen-bond acceptors (Lipinski definition) is 6. The molecule has 0 unspecified atom stereocenters. The van der Waals surface area contributed by atoms with Crippen LogP contribution in [0.2, 0.25) is 5.02 Å². The number of nitro benzene ring substituents is 1. The zero-order chi connectivity index (χ0) is 21.7. The fourth-order valence-electron chi connectivity index (χ4n) is 3.28. The minimum absolute atomic E-state index is 0.0292. The molecular formula is C21H22ClN3O5. The van der Waals surface area contributed by atoms with Crippen molar-refractivity contribution >= 4 is 29.2 Å². The molecular weight excluding hydrogens is 410 g/mol. The summed E-state index contributed by atoms with van der Waals surface area (Å²) >= 11 is 5.76. The molecule has 2 aromatic rings. The Balaban J connectivity index is 1.53. The number of rotatable bonds is 6. The minimum atomic E-state index is -0.993. The molecule has 0 bridgehead atoms. The summed E-state index contributed by atoms with van der Waals surface area (Å²) < 4.78 is 5.24. The number of nitro groups is 1. The first kappa shape index (κ1) is 21.7. The smallest absolute Gasteiger partial charge is 0.339 e. The van der Waals surface area contributed by atoms with Gasteiger partial charge in [0, 0.05) is 38.8 Å². The third-order valence-corrected chi connectivity index (χ3v) is 5.26. The van der Waals surface area contributed by atoms with Crippen molar-refractivity contribution in [2.45, 2.75) is 19.6 Å². The first-order chi connectivity index (χ1) is 14.3. The summed E-state index contributed by atoms with van der Waals surface area (Å²) in [7, 11) is 0. The van der Waals surface area contributed by atoms with Gasteiger partial charge >= 0.3 is 5.97 Å². The number of nitrogens with zero attached hydrogens (tertiary/aromatic N) is 3. The molecule has 0 N–H and O–H groups in total. The van der Waals surface area contributed by atoms with E-state index in [2.05, 4.69) is 17.0 Å². The van der Waals surface area contributed by atoms with E-state index >= 15 is 0 Å². The third-order valence-electron chi connectivity index (χ3n) is 4.94. The largest absolute Gasteiger partial charge is 0.449 e. The van der Waals surface area contributed by atoms with Gasteiger partial charge in [-0.25, -0.2) is 4.79 Å². The standard InChI is InChI=1S/C21H22ClN3O5/c1-15(30-21(27)17-7-8-18(22)19(13-17)25(28)29)20(26)24-11-9-23(10-12-24)14-16-5-3-2-4-6-16/h2-8,13,15H,9-12,14H2,1H3/t15-/m1/s1. The Bertz CT molecular complexity index is 929. The third kappa shape index (κ3) is 5.34. The number of amides is 1. The molecule has 0 aromatic heterocycles. The lowest BCUT2D eigenvalue weighted by molar-refractivity contribution is -0.384. The lowest BCUT2D eigenvalue weighted by Gasteiger charge is -2.35. The van der Waals surface area contributed by atoms with Crippen molar-refractivity contribution < 1.29 is 19.2 Å². The van der Waals surface area contributed by atoms with E-state index in [9.17, 15) is 19.7 Å². The normalized spacial score (nSPS) is 15.5. The van der Waals surface area contributed by atoms with Gasteiger partial charge in [0.05, 0.1) is 10.5 Å². The van der Waals surface area contributed by atoms with E-state index < -0.39 is 17.0 Å². The molecule has 158 valence electrons. The van der Waals surface area contributed by atoms with E-state index in [0.717, 1.165) is 25.7 Å². The second kappa shape index (κ2) is 9.69. The first-order valence-electron chi connectivity index (χ1n) is 9.55. The number of esters is 1. The van der Waals surface area contributed by atoms with Crippen LogP contribution in [-0.2, 0) is 16.1 Å². The maximum Gasteiger partial charge on any atom is 0.339 e. The topological polar surface area (TPSA) is 93.0 Å². The molecule has 0 radical (unpaired) electrons. The number of carbonyl (C=O) groups excluding carboxylic acids is 2. The lowest BCUT2D eigenvalue weighted by Crippen LogP contribution is -2.51. The van der Waals surface area contributed by atoms with Gasteiger partial charge in [0.2, 0.25) is 0 Å². The summed E-state index contributed by atoms with van der Waals surface area (Å²) in [6, 6.07) is 13.8. The molecule has 8 nitrogen and oxygen atoms in total. The van der Waals surface area contributed by atoms with Gasteiger partial charge < -0.3 is 9.64 Å². The first-order valence-corrected chi connectivity index (χ1v) is 9.93. The van der Waals surface area contributed by atoms with Crippen molar-refractivity contribution in [3.63, 3.8) is 0 Å². The van der Waals surface area contributed by atoms with E-state index in [1.54, 1.807) is 4.90 Å². The van der Waals surface area contributed by atoms with Crippen LogP contribution < -0.4 is 0 Å². The quantitative estimate of drug-likeness (QED) is 0.396. The molecule has 0 saturated carbocycles. The Morgan fingerprint density at radius 3 is 2.43 bits per heavy atom. The van der Waals surface area contributed by atoms with Gasteiger partial charge in [0.15, 0.2) is 6.10 Å². The van der Waals surface area contributed by atoms with Gasteiger partial charge in [-0.1, -0.05) is 41.9 Å². The number of piperazine rings is 1. The molecule has 30 heavy (non-hydrogen) atoms. The molecule has 3 rings (SSSR count). The Morgan fingerprint density at radius 1 is 1.13 bits per heavy atom. The summed E-state index contributed by atoms with van der Waals surface area (Å²) in [6.45, 7) is 4.86. The maximum atomic E-state index is 12.7. The van der Waals surface area contributed by atoms with E-state index in [1.165, 1.54) is 24.6 Å². The highest BCUT2D eigenvalue weighted by molar-refractivity contribution is 6.32. The second-order valence-electron chi connectivity index (χ2n) is 7.06. The predicted molar refractivity (Wildman–Crippen MR) is 111 cm³/mol. The zero-order valence-electron chi connectivity index (χ0n) is 16.5. The van der Waals surface area contributed by atoms with E-state index in [-0.39, 0.29) is 22.2 Å². The molecule has 9 heteroatoms. The van der Waals surface area contributed by atoms with Crippen LogP contribution in [0.4, 0.5) is 5.69 Å². The van der Waals surface area contributed by atoms with Crippen LogP contribution in [0, 0.1) is 10.1 Å². The fraction of sp³-hybridized carbons (Fsp3) is 0.333. The van der Waals surface area contributed by atoms with E-state index in [1.807, 2.05) is 18.2 Å². The van der Waals surface area contributed by atoms with Gasteiger partial charge in [-0.05, 0) is 24.6 Å². The van der Waals surface area contributed by atoms with Gasteiger partial charge in [0.1, 0.15) is 5.02 Å². The summed E-state index contributed by atoms with van der Waals surface area (Å²) in [5.41, 5.74) is 0.801. The summed E-state index contributed by atoms with van der Waals surface area (Å²) in [5.74, 6) is -1.09. The molecule has 0 spiro atoms. The monoisotopic (exact) mass is 431 g/mol. The average molecular weight is 432 g/mol. The van der Waals surface area contributed by atoms with Crippen LogP contribution in [0.1, 0.15) is 22.8 Å². The average Bonchev–Trinajstić information content (AvgIpc) is 2.74. The molecule has 1 saturated heterocycles. The molecule has 0 aliphatic carbocycles. The van der Waals surface area contributed by atoms with Gasteiger partial charge in [-0.15, -0.1) is 0 Å². The molecule has 1 aliphatic heterocycles. The highest BCUT2D eigenvalue weighted by atomic mass is 35.5. The summed E-state index contributed by atoms with van der Waals surface area (Å²) in [6.07, 6.45) is -0.993. The molecule has 1 amide bonds. The highest BCUT2D eigenvalue weighted by Gasteiger charge is 2.28. The molecule has 1 atom stereocenters. The maximum absolute atomic E-state index is 12.7. The minimum Gasteiger partial charge on any atom is -0.449 e. The van der Waals surface area contributed by atoms with Crippen LogP contribution in [-0.4, -0.2) is 58.9 Å². The Kier molecular flexibility index (Phi) is 7.02. The number of benzene rings is 2. The Morgan fingerprint density at radius 2 is 1.80 bits per heavy atom. The van der Waals surface area contributed by atoms with Crippen LogP contribution in [0.3, 0.4) is 0 Å². The van der Waals surface area contributed by atoms with E-state index in [0.29, 0.717) is 13.1 Å². The Labute approximate surface area is 179 Å². The van der Waals surface area contributed by atoms with Crippen molar-refractivity contribution in [3.8, 4) is 0 Å².